The molecule has 2 rings (SSSR count). The zero-order valence-corrected chi connectivity index (χ0v) is 12.3. The van der Waals surface area contributed by atoms with Gasteiger partial charge in [0.1, 0.15) is 5.54 Å². The Bertz CT molecular complexity index is 447. The molecule has 1 heterocycles. The van der Waals surface area contributed by atoms with Gasteiger partial charge in [-0.25, -0.2) is 0 Å². The molecule has 1 atom stereocenters. The zero-order chi connectivity index (χ0) is 13.9. The summed E-state index contributed by atoms with van der Waals surface area (Å²) in [5.74, 6) is 0.928. The van der Waals surface area contributed by atoms with E-state index < -0.39 is 11.5 Å². The van der Waals surface area contributed by atoms with Crippen molar-refractivity contribution in [1.29, 1.82) is 0 Å². The van der Waals surface area contributed by atoms with Crippen LogP contribution in [0, 0.1) is 5.41 Å². The van der Waals surface area contributed by atoms with Crippen molar-refractivity contribution in [2.24, 2.45) is 5.41 Å². The smallest absolute Gasteiger partial charge is 0.324 e. The monoisotopic (exact) mass is 279 g/mol. The molecule has 0 aliphatic carbocycles. The lowest BCUT2D eigenvalue weighted by molar-refractivity contribution is -0.145. The normalized spacial score (nSPS) is 26.0. The first-order chi connectivity index (χ1) is 8.94. The fraction of sp³-hybridized carbons (Fsp3) is 0.533. The third-order valence-electron chi connectivity index (χ3n) is 3.50. The molecule has 1 aromatic rings. The summed E-state index contributed by atoms with van der Waals surface area (Å²) in [7, 11) is 0. The van der Waals surface area contributed by atoms with Gasteiger partial charge in [-0.05, 0) is 23.2 Å². The Morgan fingerprint density at radius 3 is 2.58 bits per heavy atom. The van der Waals surface area contributed by atoms with E-state index in [-0.39, 0.29) is 5.41 Å². The highest BCUT2D eigenvalue weighted by Crippen LogP contribution is 2.39. The van der Waals surface area contributed by atoms with Crippen LogP contribution in [-0.2, 0) is 11.3 Å². The van der Waals surface area contributed by atoms with Crippen LogP contribution in [0.1, 0.15) is 25.8 Å². The molecule has 1 fully saturated rings. The van der Waals surface area contributed by atoms with Gasteiger partial charge in [0.05, 0.1) is 0 Å². The number of carboxylic acid groups (broad SMARTS) is 1. The number of hydrogen-bond donors (Lipinski definition) is 2. The van der Waals surface area contributed by atoms with Crippen molar-refractivity contribution in [3.05, 3.63) is 35.9 Å². The van der Waals surface area contributed by atoms with E-state index in [0.29, 0.717) is 18.7 Å². The highest BCUT2D eigenvalue weighted by atomic mass is 32.2. The summed E-state index contributed by atoms with van der Waals surface area (Å²) in [6.45, 7) is 4.88. The van der Waals surface area contributed by atoms with E-state index in [1.807, 2.05) is 30.3 Å². The van der Waals surface area contributed by atoms with Crippen LogP contribution in [0.25, 0.3) is 0 Å². The van der Waals surface area contributed by atoms with Gasteiger partial charge in [0.2, 0.25) is 0 Å². The lowest BCUT2D eigenvalue weighted by Gasteiger charge is -2.42. The maximum absolute atomic E-state index is 11.7. The van der Waals surface area contributed by atoms with Crippen molar-refractivity contribution >= 4 is 17.7 Å². The Labute approximate surface area is 118 Å². The molecule has 1 saturated heterocycles. The summed E-state index contributed by atoms with van der Waals surface area (Å²) in [6.07, 6.45) is 0.676. The van der Waals surface area contributed by atoms with Crippen molar-refractivity contribution in [2.45, 2.75) is 32.4 Å². The van der Waals surface area contributed by atoms with E-state index in [2.05, 4.69) is 19.2 Å². The molecule has 0 amide bonds. The summed E-state index contributed by atoms with van der Waals surface area (Å²) in [6, 6.07) is 9.96. The quantitative estimate of drug-likeness (QED) is 0.890. The average molecular weight is 279 g/mol. The summed E-state index contributed by atoms with van der Waals surface area (Å²) in [5, 5.41) is 12.9. The fourth-order valence-corrected chi connectivity index (χ4v) is 4.05. The lowest BCUT2D eigenvalue weighted by Crippen LogP contribution is -2.58. The second kappa shape index (κ2) is 5.55. The number of thioether (sulfide) groups is 1. The zero-order valence-electron chi connectivity index (χ0n) is 11.5. The minimum Gasteiger partial charge on any atom is -0.480 e. The molecule has 0 radical (unpaired) electrons. The number of carboxylic acids is 1. The van der Waals surface area contributed by atoms with Crippen molar-refractivity contribution < 1.29 is 9.90 Å². The molecule has 0 aromatic heterocycles. The topological polar surface area (TPSA) is 49.3 Å². The van der Waals surface area contributed by atoms with E-state index in [9.17, 15) is 9.90 Å². The lowest BCUT2D eigenvalue weighted by atomic mass is 9.79. The van der Waals surface area contributed by atoms with Crippen LogP contribution in [0.2, 0.25) is 0 Å². The van der Waals surface area contributed by atoms with Crippen LogP contribution in [-0.4, -0.2) is 28.1 Å². The number of hydrogen-bond acceptors (Lipinski definition) is 3. The van der Waals surface area contributed by atoms with Gasteiger partial charge in [-0.3, -0.25) is 10.1 Å². The van der Waals surface area contributed by atoms with Crippen LogP contribution < -0.4 is 5.32 Å². The minimum atomic E-state index is -0.803. The Morgan fingerprint density at radius 1 is 1.32 bits per heavy atom. The number of rotatable bonds is 4. The second-order valence-electron chi connectivity index (χ2n) is 6.06. The predicted octanol–water partition coefficient (Wildman–Crippen LogP) is 2.76. The predicted molar refractivity (Wildman–Crippen MR) is 79.4 cm³/mol. The molecule has 3 nitrogen and oxygen atoms in total. The van der Waals surface area contributed by atoms with Gasteiger partial charge in [0.25, 0.3) is 0 Å². The number of carbonyl (C=O) groups is 1. The Morgan fingerprint density at radius 2 is 2.00 bits per heavy atom. The second-order valence-corrected chi connectivity index (χ2v) is 7.05. The Hall–Kier alpha value is -1.00. The average Bonchev–Trinajstić information content (AvgIpc) is 2.36. The maximum Gasteiger partial charge on any atom is 0.324 e. The molecule has 104 valence electrons. The SMILES string of the molecule is CC1(C)CSCC(NCc2ccccc2)(C(=O)O)C1. The molecule has 0 saturated carbocycles. The van der Waals surface area contributed by atoms with Gasteiger partial charge in [-0.2, -0.15) is 11.8 Å². The van der Waals surface area contributed by atoms with Gasteiger partial charge in [-0.1, -0.05) is 44.2 Å². The third-order valence-corrected chi connectivity index (χ3v) is 5.19. The number of benzene rings is 1. The first kappa shape index (κ1) is 14.4. The molecule has 1 aromatic carbocycles. The minimum absolute atomic E-state index is 0.0605. The van der Waals surface area contributed by atoms with Crippen LogP contribution in [0.15, 0.2) is 30.3 Å². The maximum atomic E-state index is 11.7. The van der Waals surface area contributed by atoms with Crippen LogP contribution in [0.5, 0.6) is 0 Å². The first-order valence-electron chi connectivity index (χ1n) is 6.54. The molecule has 1 unspecified atom stereocenters. The molecular weight excluding hydrogens is 258 g/mol. The van der Waals surface area contributed by atoms with Crippen molar-refractivity contribution in [2.75, 3.05) is 11.5 Å². The van der Waals surface area contributed by atoms with Crippen LogP contribution >= 0.6 is 11.8 Å². The molecule has 1 aliphatic rings. The van der Waals surface area contributed by atoms with Crippen LogP contribution in [0.3, 0.4) is 0 Å². The van der Waals surface area contributed by atoms with Gasteiger partial charge >= 0.3 is 5.97 Å². The number of nitrogens with one attached hydrogen (secondary N) is 1. The highest BCUT2D eigenvalue weighted by molar-refractivity contribution is 7.99. The summed E-state index contributed by atoms with van der Waals surface area (Å²) >= 11 is 1.73. The Balaban J connectivity index is 2.10. The van der Waals surface area contributed by atoms with Crippen molar-refractivity contribution in [3.8, 4) is 0 Å². The molecule has 0 bridgehead atoms. The molecule has 1 aliphatic heterocycles. The fourth-order valence-electron chi connectivity index (χ4n) is 2.61. The molecule has 0 spiro atoms. The summed E-state index contributed by atoms with van der Waals surface area (Å²) < 4.78 is 0. The van der Waals surface area contributed by atoms with Crippen LogP contribution in [0.4, 0.5) is 0 Å². The Kier molecular flexibility index (Phi) is 4.21. The molecule has 2 N–H and O–H groups in total. The molecule has 19 heavy (non-hydrogen) atoms. The van der Waals surface area contributed by atoms with Gasteiger partial charge in [0, 0.05) is 12.3 Å². The summed E-state index contributed by atoms with van der Waals surface area (Å²) in [5.41, 5.74) is 0.379. The standard InChI is InChI=1S/C15H21NO2S/c1-14(2)9-15(13(17)18,11-19-10-14)16-8-12-6-4-3-5-7-12/h3-7,16H,8-11H2,1-2H3,(H,17,18). The van der Waals surface area contributed by atoms with Gasteiger partial charge in [0.15, 0.2) is 0 Å². The largest absolute Gasteiger partial charge is 0.480 e. The van der Waals surface area contributed by atoms with Gasteiger partial charge < -0.3 is 5.11 Å². The van der Waals surface area contributed by atoms with E-state index in [0.717, 1.165) is 11.3 Å². The van der Waals surface area contributed by atoms with Crippen molar-refractivity contribution in [3.63, 3.8) is 0 Å². The first-order valence-corrected chi connectivity index (χ1v) is 7.69. The molecular formula is C15H21NO2S. The molecule has 4 heteroatoms. The van der Waals surface area contributed by atoms with E-state index in [4.69, 9.17) is 0 Å². The van der Waals surface area contributed by atoms with E-state index in [1.54, 1.807) is 11.8 Å². The van der Waals surface area contributed by atoms with E-state index >= 15 is 0 Å². The van der Waals surface area contributed by atoms with E-state index in [1.165, 1.54) is 0 Å². The van der Waals surface area contributed by atoms with Crippen molar-refractivity contribution in [1.82, 2.24) is 5.32 Å². The highest BCUT2D eigenvalue weighted by Gasteiger charge is 2.45. The third kappa shape index (κ3) is 3.51. The van der Waals surface area contributed by atoms with Gasteiger partial charge in [-0.15, -0.1) is 0 Å². The summed E-state index contributed by atoms with van der Waals surface area (Å²) in [4.78, 5) is 11.7. The number of aliphatic carboxylic acids is 1.